The van der Waals surface area contributed by atoms with Gasteiger partial charge >= 0.3 is 0 Å². The van der Waals surface area contributed by atoms with Crippen LogP contribution in [0.4, 0.5) is 0 Å². The minimum atomic E-state index is -0.273. The number of piperazine rings is 2. The number of hydrogen-bond donors (Lipinski definition) is 1. The van der Waals surface area contributed by atoms with Gasteiger partial charge in [0.25, 0.3) is 5.91 Å². The molecule has 4 heterocycles. The van der Waals surface area contributed by atoms with Gasteiger partial charge in [-0.1, -0.05) is 0 Å². The van der Waals surface area contributed by atoms with Crippen molar-refractivity contribution >= 4 is 11.8 Å². The molecule has 2 aromatic heterocycles. The molecule has 0 aliphatic carbocycles. The van der Waals surface area contributed by atoms with Gasteiger partial charge in [-0.2, -0.15) is 9.78 Å². The Morgan fingerprint density at radius 2 is 2.12 bits per heavy atom. The molecule has 11 nitrogen and oxygen atoms in total. The Morgan fingerprint density at radius 1 is 1.29 bits per heavy atom. The number of amides is 2. The number of likely N-dealkylation sites (N-methyl/N-ethyl adjacent to an activating group) is 1. The quantitative estimate of drug-likeness (QED) is 0.675. The van der Waals surface area contributed by atoms with E-state index in [0.717, 1.165) is 13.1 Å². The van der Waals surface area contributed by atoms with Gasteiger partial charge in [0.15, 0.2) is 5.82 Å². The summed E-state index contributed by atoms with van der Waals surface area (Å²) in [4.78, 5) is 30.8. The van der Waals surface area contributed by atoms with Crippen molar-refractivity contribution in [2.24, 2.45) is 0 Å². The summed E-state index contributed by atoms with van der Waals surface area (Å²) in [6.45, 7) is 3.22. The maximum Gasteiger partial charge on any atom is 0.259 e. The molecular weight excluding hydrogens is 314 g/mol. The van der Waals surface area contributed by atoms with Crippen molar-refractivity contribution in [2.45, 2.75) is 6.04 Å². The second-order valence-electron chi connectivity index (χ2n) is 5.95. The van der Waals surface area contributed by atoms with E-state index in [4.69, 9.17) is 0 Å². The highest BCUT2D eigenvalue weighted by Crippen LogP contribution is 2.19. The predicted octanol–water partition coefficient (Wildman–Crippen LogP) is -2.02. The third kappa shape index (κ3) is 2.33. The summed E-state index contributed by atoms with van der Waals surface area (Å²) in [7, 11) is 1.80. The van der Waals surface area contributed by atoms with Crippen LogP contribution in [0.5, 0.6) is 0 Å². The number of tetrazole rings is 1. The van der Waals surface area contributed by atoms with E-state index >= 15 is 0 Å². The van der Waals surface area contributed by atoms with Gasteiger partial charge in [0.05, 0.1) is 6.20 Å². The molecule has 0 spiro atoms. The molecule has 2 aliphatic heterocycles. The molecule has 126 valence electrons. The largest absolute Gasteiger partial charge is 0.343 e. The average molecular weight is 331 g/mol. The van der Waals surface area contributed by atoms with E-state index in [1.165, 1.54) is 17.2 Å². The lowest BCUT2D eigenvalue weighted by Crippen LogP contribution is -2.64. The Hall–Kier alpha value is -2.82. The number of nitrogens with one attached hydrogen (secondary N) is 1. The highest BCUT2D eigenvalue weighted by atomic mass is 16.2. The van der Waals surface area contributed by atoms with Crippen molar-refractivity contribution in [1.82, 2.24) is 45.1 Å². The SMILES string of the molecule is CN1CCN2CCN(C(=O)c3cn[nH]c3-n3cnnn3)C[C@H]2C1=O. The first-order chi connectivity index (χ1) is 11.6. The van der Waals surface area contributed by atoms with Gasteiger partial charge < -0.3 is 9.80 Å². The number of carbonyl (C=O) groups is 2. The van der Waals surface area contributed by atoms with Crippen LogP contribution in [0, 0.1) is 0 Å². The molecule has 0 radical (unpaired) electrons. The van der Waals surface area contributed by atoms with E-state index in [-0.39, 0.29) is 17.9 Å². The first-order valence-electron chi connectivity index (χ1n) is 7.70. The van der Waals surface area contributed by atoms with Gasteiger partial charge in [0.1, 0.15) is 17.9 Å². The van der Waals surface area contributed by atoms with Gasteiger partial charge in [-0.3, -0.25) is 19.6 Å². The second kappa shape index (κ2) is 5.67. The lowest BCUT2D eigenvalue weighted by atomic mass is 10.1. The molecule has 24 heavy (non-hydrogen) atoms. The maximum absolute atomic E-state index is 12.9. The van der Waals surface area contributed by atoms with Crippen molar-refractivity contribution in [3.63, 3.8) is 0 Å². The smallest absolute Gasteiger partial charge is 0.259 e. The second-order valence-corrected chi connectivity index (χ2v) is 5.95. The van der Waals surface area contributed by atoms with Gasteiger partial charge in [-0.15, -0.1) is 5.10 Å². The summed E-state index contributed by atoms with van der Waals surface area (Å²) in [5, 5.41) is 17.6. The number of nitrogens with zero attached hydrogens (tertiary/aromatic N) is 8. The van der Waals surface area contributed by atoms with Crippen LogP contribution in [0.15, 0.2) is 12.5 Å². The highest BCUT2D eigenvalue weighted by Gasteiger charge is 2.39. The fourth-order valence-corrected chi connectivity index (χ4v) is 3.19. The fraction of sp³-hybridized carbons (Fsp3) is 0.538. The molecule has 2 fully saturated rings. The Bertz CT molecular complexity index is 755. The monoisotopic (exact) mass is 331 g/mol. The molecule has 0 bridgehead atoms. The first-order valence-corrected chi connectivity index (χ1v) is 7.70. The van der Waals surface area contributed by atoms with Crippen LogP contribution in [0.2, 0.25) is 0 Å². The van der Waals surface area contributed by atoms with Gasteiger partial charge in [-0.05, 0) is 10.4 Å². The zero-order valence-electron chi connectivity index (χ0n) is 13.2. The molecule has 4 rings (SSSR count). The highest BCUT2D eigenvalue weighted by molar-refractivity contribution is 5.97. The van der Waals surface area contributed by atoms with Crippen molar-refractivity contribution in [2.75, 3.05) is 39.8 Å². The van der Waals surface area contributed by atoms with Gasteiger partial charge in [0.2, 0.25) is 5.91 Å². The van der Waals surface area contributed by atoms with E-state index in [9.17, 15) is 9.59 Å². The van der Waals surface area contributed by atoms with Crippen LogP contribution in [0.25, 0.3) is 5.82 Å². The number of rotatable bonds is 2. The Kier molecular flexibility index (Phi) is 3.49. The van der Waals surface area contributed by atoms with E-state index in [1.54, 1.807) is 16.8 Å². The Morgan fingerprint density at radius 3 is 2.92 bits per heavy atom. The summed E-state index contributed by atoms with van der Waals surface area (Å²) in [5.41, 5.74) is 0.382. The van der Waals surface area contributed by atoms with Crippen LogP contribution in [0.3, 0.4) is 0 Å². The Labute approximate surface area is 137 Å². The average Bonchev–Trinajstić information content (AvgIpc) is 3.28. The maximum atomic E-state index is 12.9. The number of aromatic amines is 1. The molecule has 0 unspecified atom stereocenters. The molecule has 2 amide bonds. The van der Waals surface area contributed by atoms with Crippen LogP contribution >= 0.6 is 0 Å². The number of hydrogen-bond acceptors (Lipinski definition) is 7. The van der Waals surface area contributed by atoms with Crippen LogP contribution in [-0.2, 0) is 4.79 Å². The third-order valence-electron chi connectivity index (χ3n) is 4.59. The van der Waals surface area contributed by atoms with E-state index in [1.807, 2.05) is 0 Å². The molecular formula is C13H17N9O2. The number of aromatic nitrogens is 6. The minimum absolute atomic E-state index is 0.0617. The molecule has 2 aliphatic rings. The van der Waals surface area contributed by atoms with Crippen LogP contribution in [0.1, 0.15) is 10.4 Å². The van der Waals surface area contributed by atoms with Gasteiger partial charge in [-0.25, -0.2) is 0 Å². The Balaban J connectivity index is 1.56. The van der Waals surface area contributed by atoms with E-state index in [0.29, 0.717) is 31.0 Å². The molecule has 1 N–H and O–H groups in total. The van der Waals surface area contributed by atoms with Gasteiger partial charge in [0, 0.05) is 39.8 Å². The van der Waals surface area contributed by atoms with Crippen LogP contribution < -0.4 is 0 Å². The third-order valence-corrected chi connectivity index (χ3v) is 4.59. The lowest BCUT2D eigenvalue weighted by molar-refractivity contribution is -0.142. The molecule has 2 saturated heterocycles. The molecule has 0 saturated carbocycles. The summed E-state index contributed by atoms with van der Waals surface area (Å²) >= 11 is 0. The molecule has 0 aromatic carbocycles. The predicted molar refractivity (Wildman–Crippen MR) is 80.2 cm³/mol. The van der Waals surface area contributed by atoms with E-state index < -0.39 is 0 Å². The molecule has 1 atom stereocenters. The molecule has 2 aromatic rings. The molecule has 11 heteroatoms. The number of fused-ring (bicyclic) bond motifs is 1. The zero-order valence-corrected chi connectivity index (χ0v) is 13.2. The normalized spacial score (nSPS) is 21.9. The zero-order chi connectivity index (χ0) is 16.7. The number of H-pyrrole nitrogens is 1. The van der Waals surface area contributed by atoms with Crippen molar-refractivity contribution in [1.29, 1.82) is 0 Å². The summed E-state index contributed by atoms with van der Waals surface area (Å²) in [6, 6.07) is -0.273. The summed E-state index contributed by atoms with van der Waals surface area (Å²) in [6.07, 6.45) is 2.85. The van der Waals surface area contributed by atoms with Crippen LogP contribution in [-0.4, -0.2) is 103 Å². The lowest BCUT2D eigenvalue weighted by Gasteiger charge is -2.45. The van der Waals surface area contributed by atoms with Crippen molar-refractivity contribution in [3.05, 3.63) is 18.1 Å². The standard InChI is InChI=1S/C13H17N9O2/c1-19-2-3-20-4-5-21(7-10(20)13(19)24)12(23)9-6-14-16-11(9)22-8-15-17-18-22/h6,8,10H,2-5,7H2,1H3,(H,14,16)/t10-/m0/s1. The minimum Gasteiger partial charge on any atom is -0.343 e. The fourth-order valence-electron chi connectivity index (χ4n) is 3.19. The van der Waals surface area contributed by atoms with E-state index in [2.05, 4.69) is 30.6 Å². The first kappa shape index (κ1) is 14.8. The van der Waals surface area contributed by atoms with Crippen molar-refractivity contribution < 1.29 is 9.59 Å². The van der Waals surface area contributed by atoms with Crippen molar-refractivity contribution in [3.8, 4) is 5.82 Å². The summed E-state index contributed by atoms with van der Waals surface area (Å²) in [5.74, 6) is 0.293. The summed E-state index contributed by atoms with van der Waals surface area (Å²) < 4.78 is 1.36. The number of carbonyl (C=O) groups excluding carboxylic acids is 2. The topological polar surface area (TPSA) is 116 Å².